The number of carbonyl (C=O) groups is 1. The van der Waals surface area contributed by atoms with E-state index in [1.165, 1.54) is 56.2 Å². The summed E-state index contributed by atoms with van der Waals surface area (Å²) in [6.45, 7) is 4.95. The fourth-order valence-corrected chi connectivity index (χ4v) is 5.63. The Labute approximate surface area is 190 Å². The molecule has 166 valence electrons. The van der Waals surface area contributed by atoms with Crippen molar-refractivity contribution in [3.05, 3.63) is 53.1 Å². The smallest absolute Gasteiger partial charge is 0.307 e. The van der Waals surface area contributed by atoms with Crippen LogP contribution in [0.1, 0.15) is 79.3 Å². The molecule has 1 N–H and O–H groups in total. The number of rotatable bonds is 6. The van der Waals surface area contributed by atoms with Gasteiger partial charge in [0.1, 0.15) is 0 Å². The van der Waals surface area contributed by atoms with Crippen molar-refractivity contribution in [2.75, 3.05) is 13.7 Å². The Balaban J connectivity index is 1.73. The van der Waals surface area contributed by atoms with Crippen LogP contribution in [0.5, 0.6) is 0 Å². The van der Waals surface area contributed by atoms with Gasteiger partial charge in [-0.1, -0.05) is 25.3 Å². The van der Waals surface area contributed by atoms with Crippen LogP contribution in [-0.4, -0.2) is 39.2 Å². The Hall–Kier alpha value is -2.41. The number of esters is 1. The lowest BCUT2D eigenvalue weighted by molar-refractivity contribution is -0.140. The molecule has 1 aliphatic carbocycles. The van der Waals surface area contributed by atoms with Gasteiger partial charge in [0.05, 0.1) is 31.3 Å². The number of methoxy groups -OCH3 is 1. The summed E-state index contributed by atoms with van der Waals surface area (Å²) >= 11 is 5.72. The van der Waals surface area contributed by atoms with E-state index in [2.05, 4.69) is 39.7 Å². The molecule has 2 aromatic rings. The van der Waals surface area contributed by atoms with Crippen molar-refractivity contribution in [1.29, 1.82) is 0 Å². The number of aryl methyl sites for hydroxylation is 1. The molecule has 1 saturated heterocycles. The van der Waals surface area contributed by atoms with Crippen molar-refractivity contribution in [3.8, 4) is 0 Å². The summed E-state index contributed by atoms with van der Waals surface area (Å²) in [7, 11) is 1.43. The Morgan fingerprint density at radius 2 is 2.03 bits per heavy atom. The fraction of sp³-hybridized carbons (Fsp3) is 0.542. The number of hydrogen-bond acceptors (Lipinski definition) is 4. The standard InChI is InChI=1S/C24H32N4O2S/c1-16-15-19(17(2)28(16)18-9-5-4-6-10-18)23-22(20-11-7-8-13-25-20)26-24(31)27(23)14-12-21(29)30-3/h7-8,11,13,15,18,22-23H,4-6,9-10,12,14H2,1-3H3,(H,26,31)/t22-,23-/m0/s1. The minimum atomic E-state index is -0.226. The molecule has 31 heavy (non-hydrogen) atoms. The molecule has 2 fully saturated rings. The zero-order chi connectivity index (χ0) is 22.0. The van der Waals surface area contributed by atoms with Crippen molar-refractivity contribution >= 4 is 23.3 Å². The molecule has 2 aliphatic rings. The molecule has 0 spiro atoms. The highest BCUT2D eigenvalue weighted by Gasteiger charge is 2.41. The van der Waals surface area contributed by atoms with Gasteiger partial charge in [0.25, 0.3) is 0 Å². The number of ether oxygens (including phenoxy) is 1. The molecule has 6 nitrogen and oxygen atoms in total. The highest BCUT2D eigenvalue weighted by Crippen LogP contribution is 2.42. The van der Waals surface area contributed by atoms with Gasteiger partial charge in [0.2, 0.25) is 0 Å². The van der Waals surface area contributed by atoms with Crippen LogP contribution in [0.3, 0.4) is 0 Å². The van der Waals surface area contributed by atoms with E-state index in [4.69, 9.17) is 17.0 Å². The van der Waals surface area contributed by atoms with Gasteiger partial charge in [-0.25, -0.2) is 0 Å². The first-order valence-electron chi connectivity index (χ1n) is 11.2. The topological polar surface area (TPSA) is 59.4 Å². The highest BCUT2D eigenvalue weighted by atomic mass is 32.1. The molecule has 1 aliphatic heterocycles. The van der Waals surface area contributed by atoms with Gasteiger partial charge < -0.3 is 19.5 Å². The fourth-order valence-electron chi connectivity index (χ4n) is 5.30. The van der Waals surface area contributed by atoms with Gasteiger partial charge in [-0.05, 0) is 62.7 Å². The van der Waals surface area contributed by atoms with E-state index in [0.29, 0.717) is 24.1 Å². The zero-order valence-electron chi connectivity index (χ0n) is 18.6. The number of hydrogen-bond donors (Lipinski definition) is 1. The molecule has 2 atom stereocenters. The van der Waals surface area contributed by atoms with Gasteiger partial charge in [-0.2, -0.15) is 0 Å². The number of pyridine rings is 1. The summed E-state index contributed by atoms with van der Waals surface area (Å²) in [6, 6.07) is 8.77. The second-order valence-corrected chi connectivity index (χ2v) is 9.02. The summed E-state index contributed by atoms with van der Waals surface area (Å²) in [5.41, 5.74) is 4.81. The minimum absolute atomic E-state index is 0.0180. The molecular formula is C24H32N4O2S. The predicted molar refractivity (Wildman–Crippen MR) is 125 cm³/mol. The van der Waals surface area contributed by atoms with E-state index in [-0.39, 0.29) is 18.1 Å². The number of aromatic nitrogens is 2. The minimum Gasteiger partial charge on any atom is -0.469 e. The lowest BCUT2D eigenvalue weighted by Gasteiger charge is -2.29. The third-order valence-corrected chi connectivity index (χ3v) is 7.12. The van der Waals surface area contributed by atoms with Crippen LogP contribution in [0, 0.1) is 13.8 Å². The quantitative estimate of drug-likeness (QED) is 0.526. The molecule has 0 unspecified atom stereocenters. The van der Waals surface area contributed by atoms with Crippen molar-refractivity contribution < 1.29 is 9.53 Å². The van der Waals surface area contributed by atoms with E-state index < -0.39 is 0 Å². The normalized spacial score (nSPS) is 21.9. The maximum Gasteiger partial charge on any atom is 0.307 e. The molecule has 3 heterocycles. The summed E-state index contributed by atoms with van der Waals surface area (Å²) in [4.78, 5) is 18.6. The van der Waals surface area contributed by atoms with Gasteiger partial charge in [-0.3, -0.25) is 9.78 Å². The predicted octanol–water partition coefficient (Wildman–Crippen LogP) is 4.54. The van der Waals surface area contributed by atoms with Crippen LogP contribution in [0.4, 0.5) is 0 Å². The third-order valence-electron chi connectivity index (χ3n) is 6.76. The van der Waals surface area contributed by atoms with Crippen LogP contribution in [0.25, 0.3) is 0 Å². The molecule has 7 heteroatoms. The monoisotopic (exact) mass is 440 g/mol. The Bertz CT molecular complexity index is 937. The van der Waals surface area contributed by atoms with Crippen molar-refractivity contribution in [1.82, 2.24) is 19.8 Å². The molecular weight excluding hydrogens is 408 g/mol. The SMILES string of the molecule is COC(=O)CCN1C(=S)N[C@@H](c2ccccn2)[C@@H]1c1cc(C)n(C2CCCCC2)c1C. The maximum absolute atomic E-state index is 11.9. The molecule has 0 aromatic carbocycles. The Kier molecular flexibility index (Phi) is 6.60. The van der Waals surface area contributed by atoms with Crippen molar-refractivity contribution in [2.24, 2.45) is 0 Å². The Morgan fingerprint density at radius 1 is 1.26 bits per heavy atom. The number of nitrogens with zero attached hydrogens (tertiary/aromatic N) is 3. The summed E-state index contributed by atoms with van der Waals surface area (Å²) < 4.78 is 7.41. The van der Waals surface area contributed by atoms with Crippen LogP contribution in [0.2, 0.25) is 0 Å². The largest absolute Gasteiger partial charge is 0.469 e. The van der Waals surface area contributed by atoms with Crippen LogP contribution < -0.4 is 5.32 Å². The summed E-state index contributed by atoms with van der Waals surface area (Å²) in [6.07, 6.45) is 8.54. The second-order valence-electron chi connectivity index (χ2n) is 8.63. The van der Waals surface area contributed by atoms with Gasteiger partial charge in [-0.15, -0.1) is 0 Å². The molecule has 0 radical (unpaired) electrons. The molecule has 1 saturated carbocycles. The first-order valence-corrected chi connectivity index (χ1v) is 11.6. The summed E-state index contributed by atoms with van der Waals surface area (Å²) in [5, 5.41) is 4.14. The van der Waals surface area contributed by atoms with Gasteiger partial charge in [0.15, 0.2) is 5.11 Å². The molecule has 0 amide bonds. The van der Waals surface area contributed by atoms with Crippen LogP contribution in [0.15, 0.2) is 30.5 Å². The van der Waals surface area contributed by atoms with Gasteiger partial charge in [0, 0.05) is 30.2 Å². The van der Waals surface area contributed by atoms with Crippen molar-refractivity contribution in [3.63, 3.8) is 0 Å². The zero-order valence-corrected chi connectivity index (χ0v) is 19.5. The average Bonchev–Trinajstić information content (AvgIpc) is 3.28. The van der Waals surface area contributed by atoms with Gasteiger partial charge >= 0.3 is 5.97 Å². The van der Waals surface area contributed by atoms with Crippen LogP contribution >= 0.6 is 12.2 Å². The third kappa shape index (κ3) is 4.33. The lowest BCUT2D eigenvalue weighted by atomic mass is 9.94. The number of thiocarbonyl (C=S) groups is 1. The first-order chi connectivity index (χ1) is 15.0. The van der Waals surface area contributed by atoms with E-state index in [0.717, 1.165) is 5.69 Å². The maximum atomic E-state index is 11.9. The lowest BCUT2D eigenvalue weighted by Crippen LogP contribution is -2.32. The number of nitrogens with one attached hydrogen (secondary N) is 1. The average molecular weight is 441 g/mol. The molecule has 0 bridgehead atoms. The van der Waals surface area contributed by atoms with E-state index >= 15 is 0 Å². The van der Waals surface area contributed by atoms with E-state index in [1.54, 1.807) is 0 Å². The summed E-state index contributed by atoms with van der Waals surface area (Å²) in [5.74, 6) is -0.226. The highest BCUT2D eigenvalue weighted by molar-refractivity contribution is 7.80. The van der Waals surface area contributed by atoms with E-state index in [9.17, 15) is 4.79 Å². The van der Waals surface area contributed by atoms with E-state index in [1.807, 2.05) is 24.4 Å². The number of carbonyl (C=O) groups excluding carboxylic acids is 1. The molecule has 2 aromatic heterocycles. The van der Waals surface area contributed by atoms with Crippen molar-refractivity contribution in [2.45, 2.75) is 70.5 Å². The first kappa shape index (κ1) is 21.8. The van der Waals surface area contributed by atoms with Crippen LogP contribution in [-0.2, 0) is 9.53 Å². The Morgan fingerprint density at radius 3 is 2.71 bits per heavy atom. The second kappa shape index (κ2) is 9.39. The molecule has 4 rings (SSSR count).